The van der Waals surface area contributed by atoms with E-state index in [0.29, 0.717) is 6.42 Å². The quantitative estimate of drug-likeness (QED) is 0.727. The number of aliphatic hydroxyl groups excluding tert-OH is 1. The summed E-state index contributed by atoms with van der Waals surface area (Å²) in [5.41, 5.74) is 0.591. The van der Waals surface area contributed by atoms with Crippen LogP contribution in [0, 0.1) is 0 Å². The van der Waals surface area contributed by atoms with Crippen molar-refractivity contribution in [2.45, 2.75) is 52.7 Å². The maximum atomic E-state index is 11.5. The van der Waals surface area contributed by atoms with Crippen molar-refractivity contribution in [3.8, 4) is 0 Å². The van der Waals surface area contributed by atoms with Gasteiger partial charge < -0.3 is 15.2 Å². The maximum Gasteiger partial charge on any atom is 0.408 e. The zero-order valence-electron chi connectivity index (χ0n) is 10.8. The lowest BCUT2D eigenvalue weighted by Gasteiger charge is -2.22. The van der Waals surface area contributed by atoms with Crippen molar-refractivity contribution in [1.29, 1.82) is 0 Å². The molecule has 0 aliphatic carbocycles. The van der Waals surface area contributed by atoms with E-state index >= 15 is 0 Å². The number of hydrogen-bond donors (Lipinski definition) is 2. The molecule has 0 saturated heterocycles. The van der Waals surface area contributed by atoms with Gasteiger partial charge in [0.25, 0.3) is 0 Å². The molecular formula is C12H23NO3. The third-order valence-corrected chi connectivity index (χ3v) is 1.68. The van der Waals surface area contributed by atoms with E-state index in [0.717, 1.165) is 5.57 Å². The molecule has 0 unspecified atom stereocenters. The van der Waals surface area contributed by atoms with Gasteiger partial charge in [0.15, 0.2) is 0 Å². The zero-order valence-corrected chi connectivity index (χ0v) is 10.8. The molecule has 0 aromatic carbocycles. The summed E-state index contributed by atoms with van der Waals surface area (Å²) in [5.74, 6) is 0. The average molecular weight is 229 g/mol. The third kappa shape index (κ3) is 8.29. The number of rotatable bonds is 4. The second-order valence-electron chi connectivity index (χ2n) is 5.01. The number of carbonyl (C=O) groups excluding carboxylic acids is 1. The summed E-state index contributed by atoms with van der Waals surface area (Å²) < 4.78 is 5.14. The maximum absolute atomic E-state index is 11.5. The van der Waals surface area contributed by atoms with Gasteiger partial charge in [0.05, 0.1) is 6.04 Å². The van der Waals surface area contributed by atoms with Crippen LogP contribution in [0.2, 0.25) is 0 Å². The van der Waals surface area contributed by atoms with Crippen LogP contribution in [-0.4, -0.2) is 29.4 Å². The predicted molar refractivity (Wildman–Crippen MR) is 64.3 cm³/mol. The van der Waals surface area contributed by atoms with E-state index in [9.17, 15) is 4.79 Å². The fraction of sp³-hybridized carbons (Fsp3) is 0.750. The monoisotopic (exact) mass is 229 g/mol. The highest BCUT2D eigenvalue weighted by Gasteiger charge is 2.18. The molecule has 0 heterocycles. The molecule has 0 aromatic rings. The lowest BCUT2D eigenvalue weighted by atomic mass is 10.1. The van der Waals surface area contributed by atoms with Gasteiger partial charge in [-0.15, -0.1) is 0 Å². The largest absolute Gasteiger partial charge is 0.444 e. The van der Waals surface area contributed by atoms with Crippen LogP contribution in [0.4, 0.5) is 4.79 Å². The molecule has 0 saturated carbocycles. The SMILES string of the molecule is CC(C)=C[C@H](CCO)NC(=O)OC(C)(C)C. The number of ether oxygens (including phenoxy) is 1. The van der Waals surface area contributed by atoms with Gasteiger partial charge in [0, 0.05) is 6.61 Å². The molecule has 16 heavy (non-hydrogen) atoms. The van der Waals surface area contributed by atoms with Gasteiger partial charge in [-0.3, -0.25) is 0 Å². The fourth-order valence-corrected chi connectivity index (χ4v) is 1.20. The number of carbonyl (C=O) groups is 1. The Balaban J connectivity index is 4.29. The second kappa shape index (κ2) is 6.53. The normalized spacial score (nSPS) is 12.9. The van der Waals surface area contributed by atoms with Crippen molar-refractivity contribution in [3.05, 3.63) is 11.6 Å². The highest BCUT2D eigenvalue weighted by molar-refractivity contribution is 5.68. The summed E-state index contributed by atoms with van der Waals surface area (Å²) in [5, 5.41) is 11.6. The summed E-state index contributed by atoms with van der Waals surface area (Å²) >= 11 is 0. The minimum absolute atomic E-state index is 0.0320. The lowest BCUT2D eigenvalue weighted by molar-refractivity contribution is 0.0509. The van der Waals surface area contributed by atoms with Crippen LogP contribution in [0.1, 0.15) is 41.0 Å². The van der Waals surface area contributed by atoms with Crippen LogP contribution in [0.15, 0.2) is 11.6 Å². The number of amides is 1. The first-order valence-electron chi connectivity index (χ1n) is 5.50. The van der Waals surface area contributed by atoms with E-state index in [2.05, 4.69) is 5.32 Å². The standard InChI is InChI=1S/C12H23NO3/c1-9(2)8-10(6-7-14)13-11(15)16-12(3,4)5/h8,10,14H,6-7H2,1-5H3,(H,13,15)/t10-/m0/s1. The van der Waals surface area contributed by atoms with E-state index in [1.807, 2.05) is 40.7 Å². The number of alkyl carbamates (subject to hydrolysis) is 1. The van der Waals surface area contributed by atoms with Gasteiger partial charge in [0.2, 0.25) is 0 Å². The van der Waals surface area contributed by atoms with E-state index in [1.165, 1.54) is 0 Å². The Labute approximate surface area is 97.7 Å². The number of nitrogens with one attached hydrogen (secondary N) is 1. The Kier molecular flexibility index (Phi) is 6.11. The Bertz CT molecular complexity index is 249. The van der Waals surface area contributed by atoms with Crippen LogP contribution >= 0.6 is 0 Å². The molecule has 0 rings (SSSR count). The predicted octanol–water partition coefficient (Wildman–Crippen LogP) is 2.23. The highest BCUT2D eigenvalue weighted by Crippen LogP contribution is 2.08. The van der Waals surface area contributed by atoms with E-state index in [4.69, 9.17) is 9.84 Å². The first-order chi connectivity index (χ1) is 7.24. The molecule has 1 amide bonds. The molecular weight excluding hydrogens is 206 g/mol. The molecule has 0 radical (unpaired) electrons. The molecule has 1 atom stereocenters. The van der Waals surface area contributed by atoms with Crippen molar-refractivity contribution in [2.75, 3.05) is 6.61 Å². The van der Waals surface area contributed by atoms with Gasteiger partial charge in [-0.2, -0.15) is 0 Å². The minimum atomic E-state index is -0.501. The minimum Gasteiger partial charge on any atom is -0.444 e. The van der Waals surface area contributed by atoms with E-state index < -0.39 is 11.7 Å². The molecule has 0 aliphatic rings. The Hall–Kier alpha value is -1.03. The van der Waals surface area contributed by atoms with Gasteiger partial charge in [-0.05, 0) is 41.0 Å². The van der Waals surface area contributed by atoms with Gasteiger partial charge >= 0.3 is 6.09 Å². The molecule has 0 bridgehead atoms. The summed E-state index contributed by atoms with van der Waals surface area (Å²) in [6.07, 6.45) is 1.94. The topological polar surface area (TPSA) is 58.6 Å². The number of aliphatic hydroxyl groups is 1. The Morgan fingerprint density at radius 2 is 2.00 bits per heavy atom. The Morgan fingerprint density at radius 1 is 1.44 bits per heavy atom. The zero-order chi connectivity index (χ0) is 12.8. The molecule has 4 nitrogen and oxygen atoms in total. The van der Waals surface area contributed by atoms with Crippen molar-refractivity contribution < 1.29 is 14.6 Å². The van der Waals surface area contributed by atoms with Crippen LogP contribution in [0.25, 0.3) is 0 Å². The summed E-state index contributed by atoms with van der Waals surface area (Å²) in [4.78, 5) is 11.5. The fourth-order valence-electron chi connectivity index (χ4n) is 1.20. The van der Waals surface area contributed by atoms with E-state index in [1.54, 1.807) is 0 Å². The van der Waals surface area contributed by atoms with Crippen molar-refractivity contribution in [3.63, 3.8) is 0 Å². The molecule has 0 spiro atoms. The summed E-state index contributed by atoms with van der Waals surface area (Å²) in [7, 11) is 0. The highest BCUT2D eigenvalue weighted by atomic mass is 16.6. The summed E-state index contributed by atoms with van der Waals surface area (Å²) in [6, 6.07) is -0.176. The van der Waals surface area contributed by atoms with Crippen LogP contribution in [-0.2, 0) is 4.74 Å². The molecule has 94 valence electrons. The van der Waals surface area contributed by atoms with Gasteiger partial charge in [-0.1, -0.05) is 11.6 Å². The van der Waals surface area contributed by atoms with Crippen LogP contribution in [0.3, 0.4) is 0 Å². The lowest BCUT2D eigenvalue weighted by Crippen LogP contribution is -2.38. The molecule has 0 fully saturated rings. The van der Waals surface area contributed by atoms with Crippen molar-refractivity contribution in [2.24, 2.45) is 0 Å². The first-order valence-corrected chi connectivity index (χ1v) is 5.50. The second-order valence-corrected chi connectivity index (χ2v) is 5.01. The number of hydrogen-bond acceptors (Lipinski definition) is 3. The third-order valence-electron chi connectivity index (χ3n) is 1.68. The Morgan fingerprint density at radius 3 is 2.38 bits per heavy atom. The van der Waals surface area contributed by atoms with Crippen molar-refractivity contribution in [1.82, 2.24) is 5.32 Å². The molecule has 0 aromatic heterocycles. The molecule has 4 heteroatoms. The van der Waals surface area contributed by atoms with Crippen molar-refractivity contribution >= 4 is 6.09 Å². The van der Waals surface area contributed by atoms with E-state index in [-0.39, 0.29) is 12.6 Å². The van der Waals surface area contributed by atoms with Gasteiger partial charge in [0.1, 0.15) is 5.60 Å². The van der Waals surface area contributed by atoms with Crippen LogP contribution < -0.4 is 5.32 Å². The average Bonchev–Trinajstić information content (AvgIpc) is 1.98. The molecule has 0 aliphatic heterocycles. The smallest absolute Gasteiger partial charge is 0.408 e. The number of allylic oxidation sites excluding steroid dienone is 1. The van der Waals surface area contributed by atoms with Gasteiger partial charge in [-0.25, -0.2) is 4.79 Å². The molecule has 2 N–H and O–H groups in total. The summed E-state index contributed by atoms with van der Waals surface area (Å²) in [6.45, 7) is 9.37. The van der Waals surface area contributed by atoms with Crippen LogP contribution in [0.5, 0.6) is 0 Å². The first kappa shape index (κ1) is 15.0.